The van der Waals surface area contributed by atoms with Gasteiger partial charge in [0.05, 0.1) is 14.2 Å². The van der Waals surface area contributed by atoms with Crippen LogP contribution in [0.15, 0.2) is 16.6 Å². The molecule has 0 radical (unpaired) electrons. The Bertz CT molecular complexity index is 509. The van der Waals surface area contributed by atoms with Gasteiger partial charge in [-0.3, -0.25) is 4.79 Å². The Hall–Kier alpha value is -0.980. The fourth-order valence-corrected chi connectivity index (χ4v) is 3.36. The number of hydrogen-bond acceptors (Lipinski definition) is 4. The number of piperidine rings is 1. The third-order valence-corrected chi connectivity index (χ3v) is 4.87. The number of methoxy groups -OCH3 is 2. The second kappa shape index (κ2) is 9.35. The van der Waals surface area contributed by atoms with Crippen molar-refractivity contribution in [1.29, 1.82) is 0 Å². The smallest absolute Gasteiger partial charge is 0.254 e. The van der Waals surface area contributed by atoms with Crippen LogP contribution >= 0.6 is 28.3 Å². The average molecular weight is 408 g/mol. The number of hydrogen-bond donors (Lipinski definition) is 1. The van der Waals surface area contributed by atoms with E-state index >= 15 is 0 Å². The van der Waals surface area contributed by atoms with Gasteiger partial charge in [-0.05, 0) is 60.4 Å². The van der Waals surface area contributed by atoms with E-state index in [-0.39, 0.29) is 18.3 Å². The van der Waals surface area contributed by atoms with Gasteiger partial charge in [0, 0.05) is 18.7 Å². The van der Waals surface area contributed by atoms with Crippen molar-refractivity contribution in [3.8, 4) is 11.5 Å². The van der Waals surface area contributed by atoms with Crippen molar-refractivity contribution < 1.29 is 14.3 Å². The molecule has 0 atom stereocenters. The molecule has 5 nitrogen and oxygen atoms in total. The number of likely N-dealkylation sites (tertiary alicyclic amines) is 1. The first-order valence-electron chi connectivity index (χ1n) is 7.46. The van der Waals surface area contributed by atoms with Crippen molar-refractivity contribution in [2.45, 2.75) is 12.8 Å². The molecule has 0 spiro atoms. The van der Waals surface area contributed by atoms with Crippen LogP contribution in [-0.4, -0.2) is 51.7 Å². The van der Waals surface area contributed by atoms with Gasteiger partial charge in [0.15, 0.2) is 0 Å². The summed E-state index contributed by atoms with van der Waals surface area (Å²) in [6.07, 6.45) is 2.08. The lowest BCUT2D eigenvalue weighted by Crippen LogP contribution is -2.40. The first-order chi connectivity index (χ1) is 10.6. The van der Waals surface area contributed by atoms with E-state index in [4.69, 9.17) is 9.47 Å². The Balaban J connectivity index is 0.00000264. The van der Waals surface area contributed by atoms with Crippen LogP contribution in [0.5, 0.6) is 11.5 Å². The summed E-state index contributed by atoms with van der Waals surface area (Å²) in [5, 5.41) is 3.21. The minimum atomic E-state index is 0. The second-order valence-corrected chi connectivity index (χ2v) is 6.28. The molecule has 1 heterocycles. The van der Waals surface area contributed by atoms with Crippen LogP contribution in [0.3, 0.4) is 0 Å². The standard InChI is InChI=1S/C16H23BrN2O3.ClH/c1-18-10-11-4-6-19(7-5-11)16(20)12-8-13(21-2)15(17)14(9-12)22-3;/h8-9,11,18H,4-7,10H2,1-3H3;1H. The molecule has 0 saturated carbocycles. The molecule has 1 N–H and O–H groups in total. The maximum atomic E-state index is 12.7. The summed E-state index contributed by atoms with van der Waals surface area (Å²) in [7, 11) is 5.13. The van der Waals surface area contributed by atoms with Crippen molar-refractivity contribution in [3.05, 3.63) is 22.2 Å². The number of amides is 1. The van der Waals surface area contributed by atoms with E-state index in [9.17, 15) is 4.79 Å². The molecular weight excluding hydrogens is 384 g/mol. The minimum Gasteiger partial charge on any atom is -0.495 e. The monoisotopic (exact) mass is 406 g/mol. The van der Waals surface area contributed by atoms with Gasteiger partial charge in [-0.25, -0.2) is 0 Å². The molecular formula is C16H24BrClN2O3. The van der Waals surface area contributed by atoms with Crippen LogP contribution in [0.4, 0.5) is 0 Å². The summed E-state index contributed by atoms with van der Waals surface area (Å²) >= 11 is 3.42. The minimum absolute atomic E-state index is 0. The molecule has 7 heteroatoms. The first-order valence-corrected chi connectivity index (χ1v) is 8.25. The summed E-state index contributed by atoms with van der Waals surface area (Å²) < 4.78 is 11.3. The zero-order chi connectivity index (χ0) is 16.1. The normalized spacial score (nSPS) is 15.0. The average Bonchev–Trinajstić information content (AvgIpc) is 2.55. The molecule has 1 aromatic carbocycles. The lowest BCUT2D eigenvalue weighted by atomic mass is 9.96. The van der Waals surface area contributed by atoms with E-state index in [1.165, 1.54) is 0 Å². The molecule has 23 heavy (non-hydrogen) atoms. The van der Waals surface area contributed by atoms with Crippen molar-refractivity contribution in [2.75, 3.05) is 40.9 Å². The SMILES string of the molecule is CNCC1CCN(C(=O)c2cc(OC)c(Br)c(OC)c2)CC1.Cl. The molecule has 1 aliphatic rings. The number of nitrogens with one attached hydrogen (secondary N) is 1. The Morgan fingerprint density at radius 2 is 1.78 bits per heavy atom. The Morgan fingerprint density at radius 1 is 1.26 bits per heavy atom. The zero-order valence-electron chi connectivity index (χ0n) is 13.7. The highest BCUT2D eigenvalue weighted by Crippen LogP contribution is 2.36. The lowest BCUT2D eigenvalue weighted by molar-refractivity contribution is 0.0690. The van der Waals surface area contributed by atoms with Crippen molar-refractivity contribution in [1.82, 2.24) is 10.2 Å². The van der Waals surface area contributed by atoms with Gasteiger partial charge in [0.2, 0.25) is 0 Å². The van der Waals surface area contributed by atoms with Crippen LogP contribution in [0, 0.1) is 5.92 Å². The van der Waals surface area contributed by atoms with E-state index in [2.05, 4.69) is 21.2 Å². The molecule has 0 aliphatic carbocycles. The molecule has 0 unspecified atom stereocenters. The van der Waals surface area contributed by atoms with Gasteiger partial charge in [-0.15, -0.1) is 12.4 Å². The number of carbonyl (C=O) groups excluding carboxylic acids is 1. The highest BCUT2D eigenvalue weighted by atomic mass is 79.9. The lowest BCUT2D eigenvalue weighted by Gasteiger charge is -2.32. The van der Waals surface area contributed by atoms with Gasteiger partial charge in [-0.1, -0.05) is 0 Å². The summed E-state index contributed by atoms with van der Waals surface area (Å²) in [6.45, 7) is 2.61. The van der Waals surface area contributed by atoms with E-state index in [1.54, 1.807) is 26.4 Å². The molecule has 1 aliphatic heterocycles. The van der Waals surface area contributed by atoms with Gasteiger partial charge in [0.1, 0.15) is 16.0 Å². The first kappa shape index (κ1) is 20.1. The summed E-state index contributed by atoms with van der Waals surface area (Å²) in [6, 6.07) is 3.52. The fraction of sp³-hybridized carbons (Fsp3) is 0.562. The Labute approximate surface area is 152 Å². The third-order valence-electron chi connectivity index (χ3n) is 4.09. The van der Waals surface area contributed by atoms with Gasteiger partial charge < -0.3 is 19.7 Å². The maximum absolute atomic E-state index is 12.7. The van der Waals surface area contributed by atoms with Gasteiger partial charge >= 0.3 is 0 Å². The molecule has 2 rings (SSSR count). The summed E-state index contributed by atoms with van der Waals surface area (Å²) in [5.74, 6) is 1.90. The van der Waals surface area contributed by atoms with Crippen molar-refractivity contribution >= 4 is 34.2 Å². The fourth-order valence-electron chi connectivity index (χ4n) is 2.80. The topological polar surface area (TPSA) is 50.8 Å². The number of halogens is 2. The van der Waals surface area contributed by atoms with Gasteiger partial charge in [-0.2, -0.15) is 0 Å². The Kier molecular flexibility index (Phi) is 8.16. The largest absolute Gasteiger partial charge is 0.495 e. The molecule has 1 amide bonds. The zero-order valence-corrected chi connectivity index (χ0v) is 16.1. The highest BCUT2D eigenvalue weighted by molar-refractivity contribution is 9.10. The van der Waals surface area contributed by atoms with Crippen LogP contribution in [0.2, 0.25) is 0 Å². The predicted molar refractivity (Wildman–Crippen MR) is 97.0 cm³/mol. The second-order valence-electron chi connectivity index (χ2n) is 5.49. The highest BCUT2D eigenvalue weighted by Gasteiger charge is 2.24. The maximum Gasteiger partial charge on any atom is 0.254 e. The van der Waals surface area contributed by atoms with E-state index in [0.29, 0.717) is 23.0 Å². The van der Waals surface area contributed by atoms with Crippen LogP contribution in [0.1, 0.15) is 23.2 Å². The van der Waals surface area contributed by atoms with Crippen molar-refractivity contribution in [2.24, 2.45) is 5.92 Å². The summed E-state index contributed by atoms with van der Waals surface area (Å²) in [4.78, 5) is 14.6. The van der Waals surface area contributed by atoms with E-state index in [1.807, 2.05) is 11.9 Å². The number of nitrogens with zero attached hydrogens (tertiary/aromatic N) is 1. The quantitative estimate of drug-likeness (QED) is 0.815. The molecule has 1 saturated heterocycles. The predicted octanol–water partition coefficient (Wildman–Crippen LogP) is 2.96. The molecule has 0 aromatic heterocycles. The summed E-state index contributed by atoms with van der Waals surface area (Å²) in [5.41, 5.74) is 0.601. The molecule has 130 valence electrons. The number of ether oxygens (including phenoxy) is 2. The number of benzene rings is 1. The van der Waals surface area contributed by atoms with E-state index < -0.39 is 0 Å². The molecule has 1 fully saturated rings. The Morgan fingerprint density at radius 3 is 2.22 bits per heavy atom. The number of carbonyl (C=O) groups is 1. The van der Waals surface area contributed by atoms with Crippen LogP contribution < -0.4 is 14.8 Å². The molecule has 0 bridgehead atoms. The third kappa shape index (κ3) is 4.75. The van der Waals surface area contributed by atoms with E-state index in [0.717, 1.165) is 36.9 Å². The van der Waals surface area contributed by atoms with Crippen LogP contribution in [-0.2, 0) is 0 Å². The van der Waals surface area contributed by atoms with Crippen molar-refractivity contribution in [3.63, 3.8) is 0 Å². The van der Waals surface area contributed by atoms with Crippen LogP contribution in [0.25, 0.3) is 0 Å². The number of rotatable bonds is 5. The van der Waals surface area contributed by atoms with Gasteiger partial charge in [0.25, 0.3) is 5.91 Å². The molecule has 1 aromatic rings.